The highest BCUT2D eigenvalue weighted by Gasteiger charge is 1.59. The first-order chi connectivity index (χ1) is 2.50. The second-order valence-corrected chi connectivity index (χ2v) is 1.43. The third-order valence-corrected chi connectivity index (χ3v) is 0.869. The SMILES string of the molecule is S.c1cscn1. The van der Waals surface area contributed by atoms with Crippen molar-refractivity contribution in [3.8, 4) is 0 Å². The molecular weight excluding hydrogens is 114 g/mol. The smallest absolute Gasteiger partial charge is 0.0791 e. The topological polar surface area (TPSA) is 12.9 Å². The van der Waals surface area contributed by atoms with Crippen molar-refractivity contribution in [1.29, 1.82) is 0 Å². The van der Waals surface area contributed by atoms with E-state index in [1.54, 1.807) is 23.0 Å². The van der Waals surface area contributed by atoms with E-state index in [1.165, 1.54) is 0 Å². The quantitative estimate of drug-likeness (QED) is 0.501. The monoisotopic (exact) mass is 119 g/mol. The first-order valence-electron chi connectivity index (χ1n) is 1.32. The third-order valence-electron chi connectivity index (χ3n) is 0.347. The standard InChI is InChI=1S/C3H3NS.H2S/c1-2-5-3-4-1;/h1-3H;1H2. The molecule has 0 spiro atoms. The summed E-state index contributed by atoms with van der Waals surface area (Å²) >= 11 is 1.60. The maximum atomic E-state index is 3.74. The largest absolute Gasteiger partial charge is 0.253 e. The molecule has 0 radical (unpaired) electrons. The molecule has 3 heteroatoms. The fourth-order valence-electron chi connectivity index (χ4n) is 0.176. The van der Waals surface area contributed by atoms with Gasteiger partial charge in [0.25, 0.3) is 0 Å². The molecule has 0 amide bonds. The summed E-state index contributed by atoms with van der Waals surface area (Å²) in [7, 11) is 0. The molecule has 0 atom stereocenters. The lowest BCUT2D eigenvalue weighted by molar-refractivity contribution is 1.43. The van der Waals surface area contributed by atoms with Gasteiger partial charge in [0.05, 0.1) is 5.51 Å². The molecule has 0 aliphatic heterocycles. The highest BCUT2D eigenvalue weighted by molar-refractivity contribution is 7.59. The van der Waals surface area contributed by atoms with E-state index in [1.807, 2.05) is 5.38 Å². The van der Waals surface area contributed by atoms with Crippen molar-refractivity contribution in [3.05, 3.63) is 17.1 Å². The Kier molecular flexibility index (Phi) is 3.17. The summed E-state index contributed by atoms with van der Waals surface area (Å²) in [5.74, 6) is 0. The molecule has 1 aromatic heterocycles. The predicted molar refractivity (Wildman–Crippen MR) is 32.5 cm³/mol. The van der Waals surface area contributed by atoms with Crippen molar-refractivity contribution in [2.45, 2.75) is 0 Å². The minimum atomic E-state index is 0. The fraction of sp³-hybridized carbons (Fsp3) is 0. The highest BCUT2D eigenvalue weighted by atomic mass is 32.1. The minimum Gasteiger partial charge on any atom is -0.253 e. The van der Waals surface area contributed by atoms with Crippen LogP contribution in [0.5, 0.6) is 0 Å². The van der Waals surface area contributed by atoms with Gasteiger partial charge in [-0.2, -0.15) is 13.5 Å². The van der Waals surface area contributed by atoms with Crippen LogP contribution < -0.4 is 0 Å². The van der Waals surface area contributed by atoms with Gasteiger partial charge in [-0.15, -0.1) is 11.3 Å². The van der Waals surface area contributed by atoms with E-state index in [4.69, 9.17) is 0 Å². The van der Waals surface area contributed by atoms with Crippen molar-refractivity contribution in [2.24, 2.45) is 0 Å². The molecular formula is C3H5NS2. The van der Waals surface area contributed by atoms with Gasteiger partial charge in [-0.25, -0.2) is 0 Å². The summed E-state index contributed by atoms with van der Waals surface area (Å²) in [5, 5.41) is 1.93. The Labute approximate surface area is 47.5 Å². The molecule has 0 saturated heterocycles. The van der Waals surface area contributed by atoms with Gasteiger partial charge in [0, 0.05) is 11.6 Å². The number of thiazole rings is 1. The molecule has 0 aromatic carbocycles. The van der Waals surface area contributed by atoms with Gasteiger partial charge in [-0.05, 0) is 0 Å². The average Bonchev–Trinajstić information content (AvgIpc) is 1.76. The second-order valence-electron chi connectivity index (χ2n) is 0.676. The Bertz CT molecular complexity index is 65.3. The molecule has 0 N–H and O–H groups in total. The van der Waals surface area contributed by atoms with Gasteiger partial charge in [-0.1, -0.05) is 0 Å². The van der Waals surface area contributed by atoms with Crippen molar-refractivity contribution in [1.82, 2.24) is 4.98 Å². The van der Waals surface area contributed by atoms with Gasteiger partial charge in [0.15, 0.2) is 0 Å². The molecule has 1 nitrogen and oxygen atoms in total. The number of aromatic nitrogens is 1. The number of hydrogen-bond donors (Lipinski definition) is 0. The van der Waals surface area contributed by atoms with E-state index >= 15 is 0 Å². The number of rotatable bonds is 0. The summed E-state index contributed by atoms with van der Waals surface area (Å²) in [4.78, 5) is 3.74. The van der Waals surface area contributed by atoms with E-state index < -0.39 is 0 Å². The van der Waals surface area contributed by atoms with Crippen LogP contribution in [0.25, 0.3) is 0 Å². The van der Waals surface area contributed by atoms with E-state index in [2.05, 4.69) is 4.98 Å². The van der Waals surface area contributed by atoms with E-state index in [9.17, 15) is 0 Å². The number of nitrogens with zero attached hydrogens (tertiary/aromatic N) is 1. The minimum absolute atomic E-state index is 0. The molecule has 0 fully saturated rings. The maximum absolute atomic E-state index is 3.74. The van der Waals surface area contributed by atoms with Crippen molar-refractivity contribution in [3.63, 3.8) is 0 Å². The predicted octanol–water partition coefficient (Wildman–Crippen LogP) is 1.26. The lowest BCUT2D eigenvalue weighted by Crippen LogP contribution is -1.38. The highest BCUT2D eigenvalue weighted by Crippen LogP contribution is 1.85. The van der Waals surface area contributed by atoms with E-state index in [-0.39, 0.29) is 13.5 Å². The molecule has 1 aromatic rings. The summed E-state index contributed by atoms with van der Waals surface area (Å²) in [6.45, 7) is 0. The summed E-state index contributed by atoms with van der Waals surface area (Å²) in [5.41, 5.74) is 1.79. The zero-order valence-corrected chi connectivity index (χ0v) is 4.90. The Morgan fingerprint density at radius 3 is 2.50 bits per heavy atom. The van der Waals surface area contributed by atoms with Crippen LogP contribution in [0.15, 0.2) is 17.1 Å². The van der Waals surface area contributed by atoms with Crippen LogP contribution in [0, 0.1) is 0 Å². The van der Waals surface area contributed by atoms with Crippen LogP contribution in [0.1, 0.15) is 0 Å². The van der Waals surface area contributed by atoms with Gasteiger partial charge in [0.1, 0.15) is 0 Å². The first-order valence-corrected chi connectivity index (χ1v) is 2.26. The molecule has 6 heavy (non-hydrogen) atoms. The van der Waals surface area contributed by atoms with Crippen LogP contribution >= 0.6 is 24.8 Å². The molecule has 0 bridgehead atoms. The van der Waals surface area contributed by atoms with Crippen LogP contribution in [-0.4, -0.2) is 4.98 Å². The molecule has 0 aliphatic carbocycles. The second kappa shape index (κ2) is 3.18. The Balaban J connectivity index is 0.000000250. The zero-order chi connectivity index (χ0) is 3.54. The van der Waals surface area contributed by atoms with Gasteiger partial charge in [-0.3, -0.25) is 4.98 Å². The lowest BCUT2D eigenvalue weighted by Gasteiger charge is -1.41. The summed E-state index contributed by atoms with van der Waals surface area (Å²) in [6.07, 6.45) is 1.77. The Morgan fingerprint density at radius 1 is 1.50 bits per heavy atom. The van der Waals surface area contributed by atoms with Crippen molar-refractivity contribution in [2.75, 3.05) is 0 Å². The molecule has 0 unspecified atom stereocenters. The van der Waals surface area contributed by atoms with Gasteiger partial charge >= 0.3 is 0 Å². The average molecular weight is 119 g/mol. The summed E-state index contributed by atoms with van der Waals surface area (Å²) < 4.78 is 0. The molecule has 0 aliphatic rings. The van der Waals surface area contributed by atoms with Gasteiger partial charge in [0.2, 0.25) is 0 Å². The lowest BCUT2D eigenvalue weighted by atomic mass is 11.0. The molecule has 1 rings (SSSR count). The van der Waals surface area contributed by atoms with E-state index in [0.717, 1.165) is 0 Å². The van der Waals surface area contributed by atoms with Crippen LogP contribution in [-0.2, 0) is 0 Å². The molecule has 34 valence electrons. The van der Waals surface area contributed by atoms with Crippen LogP contribution in [0.3, 0.4) is 0 Å². The third kappa shape index (κ3) is 1.43. The Hall–Kier alpha value is -0.0200. The van der Waals surface area contributed by atoms with Crippen LogP contribution in [0.4, 0.5) is 0 Å². The Morgan fingerprint density at radius 2 is 2.33 bits per heavy atom. The molecule has 0 saturated carbocycles. The number of hydrogen-bond acceptors (Lipinski definition) is 2. The van der Waals surface area contributed by atoms with Crippen molar-refractivity contribution >= 4 is 24.8 Å². The van der Waals surface area contributed by atoms with Gasteiger partial charge < -0.3 is 0 Å². The zero-order valence-electron chi connectivity index (χ0n) is 3.09. The summed E-state index contributed by atoms with van der Waals surface area (Å²) in [6, 6.07) is 0. The normalized spacial score (nSPS) is 6.67. The fourth-order valence-corrected chi connectivity index (χ4v) is 0.527. The van der Waals surface area contributed by atoms with E-state index in [0.29, 0.717) is 0 Å². The molecule has 1 heterocycles. The van der Waals surface area contributed by atoms with Crippen LogP contribution in [0.2, 0.25) is 0 Å². The maximum Gasteiger partial charge on any atom is 0.0791 e. The van der Waals surface area contributed by atoms with Crippen molar-refractivity contribution < 1.29 is 0 Å². The first kappa shape index (κ1) is 5.98.